The van der Waals surface area contributed by atoms with Crippen LogP contribution >= 0.6 is 0 Å². The Labute approximate surface area is 156 Å². The van der Waals surface area contributed by atoms with Gasteiger partial charge < -0.3 is 14.6 Å². The van der Waals surface area contributed by atoms with Gasteiger partial charge >= 0.3 is 0 Å². The number of anilines is 1. The Morgan fingerprint density at radius 2 is 1.96 bits per heavy atom. The molecule has 27 heavy (non-hydrogen) atoms. The molecule has 136 valence electrons. The lowest BCUT2D eigenvalue weighted by Crippen LogP contribution is -2.35. The van der Waals surface area contributed by atoms with Crippen molar-refractivity contribution in [3.05, 3.63) is 83.6 Å². The Bertz CT molecular complexity index is 966. The number of aromatic nitrogens is 1. The van der Waals surface area contributed by atoms with Crippen molar-refractivity contribution in [1.29, 1.82) is 0 Å². The molecule has 1 aromatic carbocycles. The molecule has 0 fully saturated rings. The molecule has 2 amide bonds. The van der Waals surface area contributed by atoms with E-state index in [1.165, 1.54) is 12.4 Å². The number of pyridine rings is 1. The quantitative estimate of drug-likeness (QED) is 0.774. The van der Waals surface area contributed by atoms with E-state index in [-0.39, 0.29) is 18.4 Å². The van der Waals surface area contributed by atoms with Crippen LogP contribution in [0, 0.1) is 0 Å². The van der Waals surface area contributed by atoms with E-state index < -0.39 is 0 Å². The highest BCUT2D eigenvalue weighted by Crippen LogP contribution is 2.28. The number of furan rings is 1. The standard InChI is InChI=1S/C21H19N3O3/c25-20(23-14-18-7-4-10-27-18)16-11-17(13-22-12-16)21(26)24-9-3-6-15-5-1-2-8-19(15)24/h1-2,4-5,7-8,10-13H,3,6,9,14H2,(H,23,25). The van der Waals surface area contributed by atoms with Gasteiger partial charge in [0.2, 0.25) is 0 Å². The fraction of sp³-hybridized carbons (Fsp3) is 0.190. The van der Waals surface area contributed by atoms with E-state index >= 15 is 0 Å². The van der Waals surface area contributed by atoms with Crippen LogP contribution in [0.25, 0.3) is 0 Å². The van der Waals surface area contributed by atoms with Gasteiger partial charge in [0.1, 0.15) is 5.76 Å². The zero-order chi connectivity index (χ0) is 18.6. The third-order valence-corrected chi connectivity index (χ3v) is 4.61. The molecule has 1 aliphatic heterocycles. The number of benzene rings is 1. The molecule has 0 bridgehead atoms. The van der Waals surface area contributed by atoms with E-state index in [0.29, 0.717) is 23.4 Å². The molecule has 3 aromatic rings. The van der Waals surface area contributed by atoms with E-state index in [0.717, 1.165) is 24.1 Å². The normalized spacial score (nSPS) is 13.1. The van der Waals surface area contributed by atoms with Crippen molar-refractivity contribution in [3.63, 3.8) is 0 Å². The van der Waals surface area contributed by atoms with Crippen LogP contribution in [-0.2, 0) is 13.0 Å². The molecule has 0 radical (unpaired) electrons. The minimum Gasteiger partial charge on any atom is -0.467 e. The van der Waals surface area contributed by atoms with Crippen molar-refractivity contribution in [1.82, 2.24) is 10.3 Å². The van der Waals surface area contributed by atoms with Crippen molar-refractivity contribution in [2.75, 3.05) is 11.4 Å². The van der Waals surface area contributed by atoms with Gasteiger partial charge in [-0.2, -0.15) is 0 Å². The lowest BCUT2D eigenvalue weighted by Gasteiger charge is -2.29. The minimum absolute atomic E-state index is 0.143. The van der Waals surface area contributed by atoms with E-state index in [4.69, 9.17) is 4.42 Å². The zero-order valence-corrected chi connectivity index (χ0v) is 14.7. The summed E-state index contributed by atoms with van der Waals surface area (Å²) in [6, 6.07) is 13.1. The monoisotopic (exact) mass is 361 g/mol. The van der Waals surface area contributed by atoms with Gasteiger partial charge in [-0.1, -0.05) is 18.2 Å². The predicted octanol–water partition coefficient (Wildman–Crippen LogP) is 3.20. The summed E-state index contributed by atoms with van der Waals surface area (Å²) in [6.07, 6.45) is 6.40. The summed E-state index contributed by atoms with van der Waals surface area (Å²) in [7, 11) is 0. The summed E-state index contributed by atoms with van der Waals surface area (Å²) in [5.41, 5.74) is 2.84. The maximum atomic E-state index is 13.0. The highest BCUT2D eigenvalue weighted by atomic mass is 16.3. The molecule has 0 saturated heterocycles. The number of hydrogen-bond donors (Lipinski definition) is 1. The average Bonchev–Trinajstić information content (AvgIpc) is 3.25. The van der Waals surface area contributed by atoms with E-state index in [1.807, 2.05) is 24.3 Å². The number of fused-ring (bicyclic) bond motifs is 1. The van der Waals surface area contributed by atoms with E-state index in [1.54, 1.807) is 29.4 Å². The first-order valence-electron chi connectivity index (χ1n) is 8.88. The summed E-state index contributed by atoms with van der Waals surface area (Å²) in [5, 5.41) is 2.77. The molecule has 2 aromatic heterocycles. The van der Waals surface area contributed by atoms with Crippen molar-refractivity contribution in [2.24, 2.45) is 0 Å². The highest BCUT2D eigenvalue weighted by Gasteiger charge is 2.24. The van der Waals surface area contributed by atoms with Crippen LogP contribution in [-0.4, -0.2) is 23.3 Å². The molecule has 0 aliphatic carbocycles. The number of amides is 2. The van der Waals surface area contributed by atoms with E-state index in [2.05, 4.69) is 10.3 Å². The topological polar surface area (TPSA) is 75.4 Å². The Hall–Kier alpha value is -3.41. The maximum absolute atomic E-state index is 13.0. The third kappa shape index (κ3) is 3.60. The maximum Gasteiger partial charge on any atom is 0.259 e. The average molecular weight is 361 g/mol. The van der Waals surface area contributed by atoms with Gasteiger partial charge in [-0.3, -0.25) is 14.6 Å². The molecule has 6 nitrogen and oxygen atoms in total. The van der Waals surface area contributed by atoms with Gasteiger partial charge in [0.15, 0.2) is 0 Å². The molecule has 0 saturated carbocycles. The molecule has 6 heteroatoms. The van der Waals surface area contributed by atoms with Crippen LogP contribution < -0.4 is 10.2 Å². The summed E-state index contributed by atoms with van der Waals surface area (Å²) in [6.45, 7) is 0.939. The van der Waals surface area contributed by atoms with Gasteiger partial charge in [0, 0.05) is 24.6 Å². The predicted molar refractivity (Wildman–Crippen MR) is 101 cm³/mol. The SMILES string of the molecule is O=C(NCc1ccco1)c1cncc(C(=O)N2CCCc3ccccc32)c1. The lowest BCUT2D eigenvalue weighted by molar-refractivity contribution is 0.0947. The minimum atomic E-state index is -0.299. The van der Waals surface area contributed by atoms with Crippen molar-refractivity contribution >= 4 is 17.5 Å². The van der Waals surface area contributed by atoms with Crippen LogP contribution in [0.4, 0.5) is 5.69 Å². The lowest BCUT2D eigenvalue weighted by atomic mass is 10.0. The number of aryl methyl sites for hydroxylation is 1. The first-order valence-corrected chi connectivity index (χ1v) is 8.88. The number of nitrogens with one attached hydrogen (secondary N) is 1. The summed E-state index contributed by atoms with van der Waals surface area (Å²) >= 11 is 0. The second-order valence-electron chi connectivity index (χ2n) is 6.41. The van der Waals surface area contributed by atoms with Crippen LogP contribution in [0.2, 0.25) is 0 Å². The Morgan fingerprint density at radius 3 is 2.81 bits per heavy atom. The van der Waals surface area contributed by atoms with Crippen LogP contribution in [0.3, 0.4) is 0 Å². The molecule has 4 rings (SSSR count). The number of rotatable bonds is 4. The van der Waals surface area contributed by atoms with Crippen LogP contribution in [0.15, 0.2) is 65.5 Å². The molecule has 1 N–H and O–H groups in total. The summed E-state index contributed by atoms with van der Waals surface area (Å²) < 4.78 is 5.20. The Kier molecular flexibility index (Phi) is 4.70. The Morgan fingerprint density at radius 1 is 1.11 bits per heavy atom. The van der Waals surface area contributed by atoms with Gasteiger partial charge in [0.25, 0.3) is 11.8 Å². The first-order chi connectivity index (χ1) is 13.2. The van der Waals surface area contributed by atoms with Gasteiger partial charge in [-0.15, -0.1) is 0 Å². The van der Waals surface area contributed by atoms with Gasteiger partial charge in [-0.25, -0.2) is 0 Å². The number of nitrogens with zero attached hydrogens (tertiary/aromatic N) is 2. The zero-order valence-electron chi connectivity index (χ0n) is 14.7. The molecular weight excluding hydrogens is 342 g/mol. The number of para-hydroxylation sites is 1. The largest absolute Gasteiger partial charge is 0.467 e. The molecule has 0 atom stereocenters. The fourth-order valence-corrected chi connectivity index (χ4v) is 3.26. The third-order valence-electron chi connectivity index (χ3n) is 4.61. The Balaban J connectivity index is 1.52. The number of carbonyl (C=O) groups excluding carboxylic acids is 2. The number of carbonyl (C=O) groups is 2. The summed E-state index contributed by atoms with van der Waals surface area (Å²) in [5.74, 6) is 0.219. The smallest absolute Gasteiger partial charge is 0.259 e. The number of hydrogen-bond acceptors (Lipinski definition) is 4. The van der Waals surface area contributed by atoms with Gasteiger partial charge in [-0.05, 0) is 42.7 Å². The molecular formula is C21H19N3O3. The fourth-order valence-electron chi connectivity index (χ4n) is 3.26. The van der Waals surface area contributed by atoms with E-state index in [9.17, 15) is 9.59 Å². The second kappa shape index (κ2) is 7.45. The van der Waals surface area contributed by atoms with Crippen LogP contribution in [0.1, 0.15) is 38.5 Å². The molecule has 0 spiro atoms. The second-order valence-corrected chi connectivity index (χ2v) is 6.41. The van der Waals surface area contributed by atoms with Crippen molar-refractivity contribution < 1.29 is 14.0 Å². The summed E-state index contributed by atoms with van der Waals surface area (Å²) in [4.78, 5) is 31.2. The molecule has 3 heterocycles. The molecule has 0 unspecified atom stereocenters. The highest BCUT2D eigenvalue weighted by molar-refractivity contribution is 6.08. The van der Waals surface area contributed by atoms with Crippen molar-refractivity contribution in [3.8, 4) is 0 Å². The van der Waals surface area contributed by atoms with Crippen molar-refractivity contribution in [2.45, 2.75) is 19.4 Å². The molecule has 1 aliphatic rings. The van der Waals surface area contributed by atoms with Crippen LogP contribution in [0.5, 0.6) is 0 Å². The first kappa shape index (κ1) is 17.0. The van der Waals surface area contributed by atoms with Gasteiger partial charge in [0.05, 0.1) is 23.9 Å².